The highest BCUT2D eigenvalue weighted by Gasteiger charge is 2.29. The standard InChI is InChI=1S/C21H20N2O4S/c1-27-20-13(16-8-11-6-7-22-9-17(11)28-16)4-5-14-18(20)23(12-2-3-12)10-15(19(14)24)21(25)26/h4-5,8,10,12,22H,2-3,6-7,9H2,1H3,(H,25,26). The van der Waals surface area contributed by atoms with Gasteiger partial charge in [0.2, 0.25) is 5.43 Å². The van der Waals surface area contributed by atoms with E-state index in [9.17, 15) is 14.7 Å². The predicted molar refractivity (Wildman–Crippen MR) is 109 cm³/mol. The number of carbonyl (C=O) groups is 1. The van der Waals surface area contributed by atoms with Crippen molar-refractivity contribution in [3.8, 4) is 16.2 Å². The highest BCUT2D eigenvalue weighted by atomic mass is 32.1. The first-order chi connectivity index (χ1) is 13.6. The Labute approximate surface area is 165 Å². The molecule has 6 nitrogen and oxygen atoms in total. The van der Waals surface area contributed by atoms with Gasteiger partial charge in [0.1, 0.15) is 5.56 Å². The van der Waals surface area contributed by atoms with Gasteiger partial charge in [-0.1, -0.05) is 0 Å². The number of nitrogens with zero attached hydrogens (tertiary/aromatic N) is 1. The second-order valence-electron chi connectivity index (χ2n) is 7.34. The van der Waals surface area contributed by atoms with Crippen molar-refractivity contribution in [2.75, 3.05) is 13.7 Å². The maximum Gasteiger partial charge on any atom is 0.341 e. The molecule has 2 aromatic heterocycles. The SMILES string of the molecule is COc1c(-c2cc3c(s2)CNCC3)ccc2c(=O)c(C(=O)O)cn(C3CC3)c12. The molecule has 0 radical (unpaired) electrons. The molecule has 3 aromatic rings. The Hall–Kier alpha value is -2.64. The first-order valence-corrected chi connectivity index (χ1v) is 10.2. The van der Waals surface area contributed by atoms with Crippen molar-refractivity contribution in [3.63, 3.8) is 0 Å². The summed E-state index contributed by atoms with van der Waals surface area (Å²) < 4.78 is 7.73. The van der Waals surface area contributed by atoms with Gasteiger partial charge in [0, 0.05) is 34.1 Å². The Bertz CT molecular complexity index is 1150. The topological polar surface area (TPSA) is 80.6 Å². The van der Waals surface area contributed by atoms with E-state index in [0.717, 1.165) is 42.8 Å². The van der Waals surface area contributed by atoms with E-state index in [2.05, 4.69) is 11.4 Å². The van der Waals surface area contributed by atoms with Gasteiger partial charge in [-0.05, 0) is 49.6 Å². The lowest BCUT2D eigenvalue weighted by molar-refractivity contribution is 0.0695. The normalized spacial score (nSPS) is 16.2. The number of carboxylic acids is 1. The largest absolute Gasteiger partial charge is 0.494 e. The van der Waals surface area contributed by atoms with Crippen molar-refractivity contribution in [3.05, 3.63) is 50.6 Å². The van der Waals surface area contributed by atoms with Crippen molar-refractivity contribution in [1.82, 2.24) is 9.88 Å². The van der Waals surface area contributed by atoms with Crippen LogP contribution in [0.5, 0.6) is 5.75 Å². The third-order valence-corrected chi connectivity index (χ3v) is 6.75. The number of nitrogens with one attached hydrogen (secondary N) is 1. The highest BCUT2D eigenvalue weighted by Crippen LogP contribution is 2.44. The number of hydrogen-bond donors (Lipinski definition) is 2. The molecule has 1 aliphatic carbocycles. The number of methoxy groups -OCH3 is 1. The fourth-order valence-corrected chi connectivity index (χ4v) is 5.20. The van der Waals surface area contributed by atoms with Crippen LogP contribution in [0.3, 0.4) is 0 Å². The third-order valence-electron chi connectivity index (χ3n) is 5.54. The number of ether oxygens (including phenoxy) is 1. The lowest BCUT2D eigenvalue weighted by atomic mass is 10.0. The number of pyridine rings is 1. The summed E-state index contributed by atoms with van der Waals surface area (Å²) in [5.74, 6) is -0.548. The second kappa shape index (κ2) is 6.46. The van der Waals surface area contributed by atoms with Gasteiger partial charge in [0.05, 0.1) is 18.0 Å². The molecule has 1 saturated carbocycles. The summed E-state index contributed by atoms with van der Waals surface area (Å²) in [6.07, 6.45) is 4.45. The maximum absolute atomic E-state index is 12.8. The molecular formula is C21H20N2O4S. The smallest absolute Gasteiger partial charge is 0.341 e. The van der Waals surface area contributed by atoms with E-state index in [1.165, 1.54) is 16.6 Å². The van der Waals surface area contributed by atoms with Crippen LogP contribution in [0.4, 0.5) is 0 Å². The lowest BCUT2D eigenvalue weighted by Crippen LogP contribution is -2.21. The van der Waals surface area contributed by atoms with Crippen molar-refractivity contribution in [1.29, 1.82) is 0 Å². The van der Waals surface area contributed by atoms with Gasteiger partial charge in [-0.2, -0.15) is 0 Å². The fourth-order valence-electron chi connectivity index (χ4n) is 4.00. The number of carboxylic acid groups (broad SMARTS) is 1. The highest BCUT2D eigenvalue weighted by molar-refractivity contribution is 7.15. The number of rotatable bonds is 4. The zero-order valence-electron chi connectivity index (χ0n) is 15.4. The molecule has 0 unspecified atom stereocenters. The quantitative estimate of drug-likeness (QED) is 0.706. The number of aromatic carboxylic acids is 1. The Morgan fingerprint density at radius 1 is 1.36 bits per heavy atom. The van der Waals surface area contributed by atoms with Crippen LogP contribution in [0.15, 0.2) is 29.2 Å². The summed E-state index contributed by atoms with van der Waals surface area (Å²) in [6.45, 7) is 1.86. The van der Waals surface area contributed by atoms with Crippen LogP contribution < -0.4 is 15.5 Å². The van der Waals surface area contributed by atoms with Gasteiger partial charge < -0.3 is 19.7 Å². The Morgan fingerprint density at radius 3 is 2.86 bits per heavy atom. The predicted octanol–water partition coefficient (Wildman–Crippen LogP) is 3.42. The van der Waals surface area contributed by atoms with Gasteiger partial charge in [-0.15, -0.1) is 11.3 Å². The monoisotopic (exact) mass is 396 g/mol. The molecule has 0 bridgehead atoms. The summed E-state index contributed by atoms with van der Waals surface area (Å²) in [7, 11) is 1.61. The maximum atomic E-state index is 12.8. The van der Waals surface area contributed by atoms with E-state index in [0.29, 0.717) is 16.7 Å². The van der Waals surface area contributed by atoms with E-state index in [-0.39, 0.29) is 11.6 Å². The summed E-state index contributed by atoms with van der Waals surface area (Å²) in [5, 5.41) is 13.3. The van der Waals surface area contributed by atoms with Crippen LogP contribution in [-0.2, 0) is 13.0 Å². The molecule has 3 heterocycles. The van der Waals surface area contributed by atoms with Crippen molar-refractivity contribution in [2.45, 2.75) is 31.8 Å². The minimum atomic E-state index is -1.19. The number of aromatic nitrogens is 1. The summed E-state index contributed by atoms with van der Waals surface area (Å²) in [6, 6.07) is 6.06. The number of hydrogen-bond acceptors (Lipinski definition) is 5. The number of fused-ring (bicyclic) bond motifs is 2. The lowest BCUT2D eigenvalue weighted by Gasteiger charge is -2.17. The van der Waals surface area contributed by atoms with Gasteiger partial charge in [-0.3, -0.25) is 4.79 Å². The fraction of sp³-hybridized carbons (Fsp3) is 0.333. The molecule has 7 heteroatoms. The van der Waals surface area contributed by atoms with E-state index in [1.54, 1.807) is 24.5 Å². The summed E-state index contributed by atoms with van der Waals surface area (Å²) >= 11 is 1.74. The molecule has 2 aliphatic rings. The minimum Gasteiger partial charge on any atom is -0.494 e. The third kappa shape index (κ3) is 2.65. The van der Waals surface area contributed by atoms with E-state index in [1.807, 2.05) is 10.6 Å². The Balaban J connectivity index is 1.79. The van der Waals surface area contributed by atoms with E-state index in [4.69, 9.17) is 4.74 Å². The molecule has 1 fully saturated rings. The first kappa shape index (κ1) is 17.5. The average Bonchev–Trinajstić information content (AvgIpc) is 3.45. The number of benzene rings is 1. The zero-order chi connectivity index (χ0) is 19.4. The molecular weight excluding hydrogens is 376 g/mol. The molecule has 144 valence electrons. The molecule has 28 heavy (non-hydrogen) atoms. The van der Waals surface area contributed by atoms with Gasteiger partial charge in [-0.25, -0.2) is 4.79 Å². The van der Waals surface area contributed by atoms with Gasteiger partial charge >= 0.3 is 5.97 Å². The van der Waals surface area contributed by atoms with Gasteiger partial charge in [0.15, 0.2) is 5.75 Å². The van der Waals surface area contributed by atoms with E-state index >= 15 is 0 Å². The number of thiophene rings is 1. The van der Waals surface area contributed by atoms with Crippen LogP contribution in [0.25, 0.3) is 21.3 Å². The molecule has 1 aromatic carbocycles. The molecule has 0 amide bonds. The molecule has 0 spiro atoms. The summed E-state index contributed by atoms with van der Waals surface area (Å²) in [5.41, 5.74) is 2.36. The van der Waals surface area contributed by atoms with E-state index < -0.39 is 11.4 Å². The first-order valence-electron chi connectivity index (χ1n) is 9.40. The molecule has 0 atom stereocenters. The summed E-state index contributed by atoms with van der Waals surface area (Å²) in [4.78, 5) is 26.8. The van der Waals surface area contributed by atoms with Crippen molar-refractivity contribution in [2.24, 2.45) is 0 Å². The van der Waals surface area contributed by atoms with Crippen LogP contribution in [0.1, 0.15) is 39.7 Å². The zero-order valence-corrected chi connectivity index (χ0v) is 16.3. The van der Waals surface area contributed by atoms with Crippen LogP contribution in [0.2, 0.25) is 0 Å². The molecule has 5 rings (SSSR count). The second-order valence-corrected chi connectivity index (χ2v) is 8.48. The van der Waals surface area contributed by atoms with Crippen molar-refractivity contribution < 1.29 is 14.6 Å². The van der Waals surface area contributed by atoms with Crippen molar-refractivity contribution >= 4 is 28.2 Å². The Kier molecular flexibility index (Phi) is 4.03. The molecule has 0 saturated heterocycles. The van der Waals surface area contributed by atoms with Crippen LogP contribution in [0, 0.1) is 0 Å². The Morgan fingerprint density at radius 2 is 2.18 bits per heavy atom. The van der Waals surface area contributed by atoms with Crippen LogP contribution in [-0.4, -0.2) is 29.3 Å². The van der Waals surface area contributed by atoms with Gasteiger partial charge in [0.25, 0.3) is 0 Å². The molecule has 2 N–H and O–H groups in total. The molecule has 1 aliphatic heterocycles. The average molecular weight is 396 g/mol. The van der Waals surface area contributed by atoms with Crippen LogP contribution >= 0.6 is 11.3 Å². The minimum absolute atomic E-state index is 0.188.